The molecule has 0 aromatic rings. The van der Waals surface area contributed by atoms with E-state index in [4.69, 9.17) is 23.7 Å². The van der Waals surface area contributed by atoms with Crippen LogP contribution < -0.4 is 0 Å². The minimum Gasteiger partial charge on any atom is -0.479 e. The summed E-state index contributed by atoms with van der Waals surface area (Å²) in [7, 11) is 0. The van der Waals surface area contributed by atoms with Gasteiger partial charge in [-0.3, -0.25) is 0 Å². The Morgan fingerprint density at radius 3 is 1.43 bits per heavy atom. The van der Waals surface area contributed by atoms with Crippen LogP contribution in [0, 0.1) is 0 Å². The van der Waals surface area contributed by atoms with Crippen LogP contribution in [-0.2, 0) is 28.5 Å². The van der Waals surface area contributed by atoms with Crippen molar-refractivity contribution < 1.29 is 84.7 Å². The number of carbonyl (C=O) groups is 1. The number of rotatable bonds is 7. The van der Waals surface area contributed by atoms with Gasteiger partial charge in [-0.05, 0) is 0 Å². The van der Waals surface area contributed by atoms with E-state index >= 15 is 0 Å². The molecule has 0 saturated carbocycles. The molecule has 17 heteroatoms. The van der Waals surface area contributed by atoms with E-state index < -0.39 is 111 Å². The highest BCUT2D eigenvalue weighted by Gasteiger charge is 2.55. The Kier molecular flexibility index (Phi) is 9.35. The van der Waals surface area contributed by atoms with Crippen molar-refractivity contribution in [2.24, 2.45) is 0 Å². The van der Waals surface area contributed by atoms with Gasteiger partial charge in [0.2, 0.25) is 0 Å². The molecular weight excluding hydrogens is 488 g/mol. The van der Waals surface area contributed by atoms with Gasteiger partial charge in [0, 0.05) is 0 Å². The first kappa shape index (κ1) is 28.4. The fraction of sp³-hybridized carbons (Fsp3) is 0.944. The summed E-state index contributed by atoms with van der Waals surface area (Å²) in [5, 5.41) is 109. The van der Waals surface area contributed by atoms with Gasteiger partial charge in [-0.25, -0.2) is 4.79 Å². The lowest BCUT2D eigenvalue weighted by Crippen LogP contribution is -2.67. The van der Waals surface area contributed by atoms with Crippen LogP contribution in [0.3, 0.4) is 0 Å². The molecule has 0 aromatic carbocycles. The Morgan fingerprint density at radius 1 is 0.600 bits per heavy atom. The normalized spacial score (nSPS) is 51.2. The second kappa shape index (κ2) is 11.5. The van der Waals surface area contributed by atoms with Crippen LogP contribution in [0.1, 0.15) is 0 Å². The van der Waals surface area contributed by atoms with Crippen LogP contribution in [0.15, 0.2) is 0 Å². The van der Waals surface area contributed by atoms with E-state index in [1.807, 2.05) is 0 Å². The molecular formula is C18H30O17. The molecule has 0 amide bonds. The van der Waals surface area contributed by atoms with E-state index in [-0.39, 0.29) is 0 Å². The number of ether oxygens (including phenoxy) is 5. The summed E-state index contributed by atoms with van der Waals surface area (Å²) in [6, 6.07) is 0. The molecule has 0 unspecified atom stereocenters. The molecule has 3 saturated heterocycles. The van der Waals surface area contributed by atoms with Crippen molar-refractivity contribution in [3.8, 4) is 0 Å². The van der Waals surface area contributed by atoms with E-state index in [0.29, 0.717) is 0 Å². The third-order valence-electron chi connectivity index (χ3n) is 6.06. The Labute approximate surface area is 196 Å². The van der Waals surface area contributed by atoms with Gasteiger partial charge >= 0.3 is 5.97 Å². The average Bonchev–Trinajstić information content (AvgIpc) is 2.82. The predicted octanol–water partition coefficient (Wildman–Crippen LogP) is -7.48. The first-order valence-corrected chi connectivity index (χ1v) is 10.6. The lowest BCUT2D eigenvalue weighted by Gasteiger charge is -2.47. The highest BCUT2D eigenvalue weighted by Crippen LogP contribution is 2.32. The maximum absolute atomic E-state index is 11.7. The molecule has 0 bridgehead atoms. The molecule has 0 spiro atoms. The molecule has 3 aliphatic heterocycles. The molecule has 3 aliphatic rings. The Hall–Kier alpha value is -1.13. The standard InChI is InChI=1S/C18H30O17/c19-1-3-5(21)7(23)9(25)17(31-3)34-12-11(27)13(16(30)33-14(12)15(28)29)35-18-10(26)8(24)6(22)4(2-20)32-18/h3-14,16-27,30H,1-2H2,(H,28,29)/t3-,4-,5-,6-,7+,8+,9-,10-,11+,12+,13-,14+,16-,17+,18+/m1/s1. The second-order valence-corrected chi connectivity index (χ2v) is 8.37. The van der Waals surface area contributed by atoms with Gasteiger partial charge < -0.3 is 79.9 Å². The first-order chi connectivity index (χ1) is 16.4. The van der Waals surface area contributed by atoms with Gasteiger partial charge in [0.25, 0.3) is 0 Å². The van der Waals surface area contributed by atoms with Crippen molar-refractivity contribution in [1.29, 1.82) is 0 Å². The SMILES string of the molecule is O=C(O)[C@H]1O[C@@H](O)[C@H](O[C@@H]2O[C@H](CO)[C@@H](O)[C@H](O)[C@H]2O)[C@@H](O)[C@@H]1O[C@@H]1O[C@H](CO)[C@@H](O)[C@H](O)[C@H]1O. The lowest BCUT2D eigenvalue weighted by atomic mass is 9.96. The molecule has 0 radical (unpaired) electrons. The zero-order valence-electron chi connectivity index (χ0n) is 17.9. The summed E-state index contributed by atoms with van der Waals surface area (Å²) in [6.07, 6.45) is -27.9. The average molecular weight is 518 g/mol. The van der Waals surface area contributed by atoms with Crippen molar-refractivity contribution in [2.75, 3.05) is 13.2 Å². The number of aliphatic hydroxyl groups excluding tert-OH is 10. The highest BCUT2D eigenvalue weighted by atomic mass is 16.8. The van der Waals surface area contributed by atoms with Crippen LogP contribution in [-0.4, -0.2) is 167 Å². The van der Waals surface area contributed by atoms with E-state index in [1.165, 1.54) is 0 Å². The smallest absolute Gasteiger partial charge is 0.335 e. The van der Waals surface area contributed by atoms with E-state index in [2.05, 4.69) is 0 Å². The van der Waals surface area contributed by atoms with Crippen molar-refractivity contribution in [3.63, 3.8) is 0 Å². The Morgan fingerprint density at radius 2 is 1.03 bits per heavy atom. The number of hydrogen-bond acceptors (Lipinski definition) is 16. The molecule has 17 nitrogen and oxygen atoms in total. The molecule has 35 heavy (non-hydrogen) atoms. The minimum absolute atomic E-state index is 0.805. The topological polar surface area (TPSA) is 286 Å². The second-order valence-electron chi connectivity index (χ2n) is 8.37. The maximum atomic E-state index is 11.7. The zero-order chi connectivity index (χ0) is 26.2. The van der Waals surface area contributed by atoms with Crippen molar-refractivity contribution in [3.05, 3.63) is 0 Å². The van der Waals surface area contributed by atoms with Crippen LogP contribution >= 0.6 is 0 Å². The van der Waals surface area contributed by atoms with Crippen molar-refractivity contribution >= 4 is 5.97 Å². The number of aliphatic hydroxyl groups is 10. The minimum atomic E-state index is -2.16. The summed E-state index contributed by atoms with van der Waals surface area (Å²) >= 11 is 0. The molecule has 204 valence electrons. The summed E-state index contributed by atoms with van der Waals surface area (Å²) in [6.45, 7) is -1.63. The molecule has 11 N–H and O–H groups in total. The fourth-order valence-electron chi connectivity index (χ4n) is 4.01. The number of aliphatic carboxylic acids is 1. The van der Waals surface area contributed by atoms with Gasteiger partial charge in [0.15, 0.2) is 25.0 Å². The van der Waals surface area contributed by atoms with Crippen LogP contribution in [0.5, 0.6) is 0 Å². The van der Waals surface area contributed by atoms with Crippen LogP contribution in [0.4, 0.5) is 0 Å². The lowest BCUT2D eigenvalue weighted by molar-refractivity contribution is -0.378. The van der Waals surface area contributed by atoms with Gasteiger partial charge in [-0.15, -0.1) is 0 Å². The maximum Gasteiger partial charge on any atom is 0.335 e. The quantitative estimate of drug-likeness (QED) is 0.149. The van der Waals surface area contributed by atoms with E-state index in [0.717, 1.165) is 0 Å². The summed E-state index contributed by atoms with van der Waals surface area (Å²) in [5.41, 5.74) is 0. The van der Waals surface area contributed by atoms with Gasteiger partial charge in [-0.1, -0.05) is 0 Å². The zero-order valence-corrected chi connectivity index (χ0v) is 17.9. The fourth-order valence-corrected chi connectivity index (χ4v) is 4.01. The van der Waals surface area contributed by atoms with Crippen LogP contribution in [0.25, 0.3) is 0 Å². The first-order valence-electron chi connectivity index (χ1n) is 10.6. The molecule has 3 heterocycles. The Balaban J connectivity index is 1.80. The summed E-state index contributed by atoms with van der Waals surface area (Å²) < 4.78 is 25.8. The molecule has 15 atom stereocenters. The molecule has 0 aliphatic carbocycles. The van der Waals surface area contributed by atoms with Crippen molar-refractivity contribution in [1.82, 2.24) is 0 Å². The van der Waals surface area contributed by atoms with Gasteiger partial charge in [-0.2, -0.15) is 0 Å². The predicted molar refractivity (Wildman–Crippen MR) is 102 cm³/mol. The van der Waals surface area contributed by atoms with Gasteiger partial charge in [0.05, 0.1) is 13.2 Å². The van der Waals surface area contributed by atoms with E-state index in [9.17, 15) is 61.0 Å². The van der Waals surface area contributed by atoms with Gasteiger partial charge in [0.1, 0.15) is 67.1 Å². The molecule has 3 rings (SSSR count). The third kappa shape index (κ3) is 5.59. The summed E-state index contributed by atoms with van der Waals surface area (Å²) in [5.74, 6) is -1.73. The number of hydrogen-bond donors (Lipinski definition) is 11. The number of carboxylic acids is 1. The number of carboxylic acid groups (broad SMARTS) is 1. The van der Waals surface area contributed by atoms with E-state index in [1.54, 1.807) is 0 Å². The Bertz CT molecular complexity index is 707. The summed E-state index contributed by atoms with van der Waals surface area (Å²) in [4.78, 5) is 11.7. The molecule has 3 fully saturated rings. The van der Waals surface area contributed by atoms with Crippen LogP contribution in [0.2, 0.25) is 0 Å². The van der Waals surface area contributed by atoms with Crippen molar-refractivity contribution in [2.45, 2.75) is 92.1 Å². The largest absolute Gasteiger partial charge is 0.479 e. The third-order valence-corrected chi connectivity index (χ3v) is 6.06. The highest BCUT2D eigenvalue weighted by molar-refractivity contribution is 5.73. The monoisotopic (exact) mass is 518 g/mol. The molecule has 0 aromatic heterocycles.